The molecule has 9 heteroatoms. The number of aliphatic hydroxyl groups excluding tert-OH is 1. The molecule has 37 heavy (non-hydrogen) atoms. The van der Waals surface area contributed by atoms with Crippen molar-refractivity contribution in [3.63, 3.8) is 0 Å². The molecule has 2 aromatic carbocycles. The summed E-state index contributed by atoms with van der Waals surface area (Å²) in [5.41, 5.74) is 3.24. The first-order valence-corrected chi connectivity index (χ1v) is 12.7. The lowest BCUT2D eigenvalue weighted by Crippen LogP contribution is -2.34. The number of nitrogens with zero attached hydrogens (tertiary/aromatic N) is 4. The average molecular weight is 510 g/mol. The third-order valence-corrected chi connectivity index (χ3v) is 7.15. The van der Waals surface area contributed by atoms with Gasteiger partial charge in [0.1, 0.15) is 17.7 Å². The molecular formula is C28H30F3N5O. The third-order valence-electron chi connectivity index (χ3n) is 7.15. The molecule has 194 valence electrons. The van der Waals surface area contributed by atoms with Crippen LogP contribution in [0.4, 0.5) is 19.0 Å². The predicted octanol–water partition coefficient (Wildman–Crippen LogP) is 6.22. The minimum Gasteiger partial charge on any atom is -0.396 e. The molecule has 0 unspecified atom stereocenters. The molecule has 1 aliphatic carbocycles. The summed E-state index contributed by atoms with van der Waals surface area (Å²) in [5.74, 6) is 1.84. The van der Waals surface area contributed by atoms with Gasteiger partial charge in [0.2, 0.25) is 0 Å². The van der Waals surface area contributed by atoms with Gasteiger partial charge in [-0.1, -0.05) is 42.3 Å². The van der Waals surface area contributed by atoms with Crippen LogP contribution in [0.1, 0.15) is 48.8 Å². The van der Waals surface area contributed by atoms with Gasteiger partial charge in [0.25, 0.3) is 0 Å². The number of anilines is 1. The van der Waals surface area contributed by atoms with Crippen LogP contribution in [0.25, 0.3) is 22.6 Å². The van der Waals surface area contributed by atoms with Crippen LogP contribution >= 0.6 is 0 Å². The molecule has 1 saturated carbocycles. The normalized spacial score (nSPS) is 15.1. The second-order valence-electron chi connectivity index (χ2n) is 9.79. The van der Waals surface area contributed by atoms with Crippen molar-refractivity contribution in [1.82, 2.24) is 19.5 Å². The molecule has 0 bridgehead atoms. The van der Waals surface area contributed by atoms with Crippen LogP contribution in [-0.4, -0.2) is 37.3 Å². The third kappa shape index (κ3) is 5.46. The van der Waals surface area contributed by atoms with Gasteiger partial charge in [0.05, 0.1) is 5.56 Å². The van der Waals surface area contributed by atoms with E-state index in [9.17, 15) is 18.3 Å². The summed E-state index contributed by atoms with van der Waals surface area (Å²) in [6, 6.07) is 13.3. The Labute approximate surface area is 213 Å². The number of alkyl halides is 3. The van der Waals surface area contributed by atoms with E-state index in [0.717, 1.165) is 42.5 Å². The molecule has 0 radical (unpaired) electrons. The number of hydrogen-bond acceptors (Lipinski definition) is 5. The fourth-order valence-electron chi connectivity index (χ4n) is 4.97. The number of benzene rings is 2. The molecule has 0 spiro atoms. The van der Waals surface area contributed by atoms with E-state index >= 15 is 0 Å². The molecular weight excluding hydrogens is 479 g/mol. The van der Waals surface area contributed by atoms with Crippen LogP contribution in [0.15, 0.2) is 54.9 Å². The van der Waals surface area contributed by atoms with Gasteiger partial charge in [-0.3, -0.25) is 0 Å². The number of aryl methyl sites for hydroxylation is 1. The summed E-state index contributed by atoms with van der Waals surface area (Å²) in [5, 5.41) is 13.0. The Bertz CT molecular complexity index is 1360. The van der Waals surface area contributed by atoms with E-state index in [4.69, 9.17) is 4.98 Å². The first-order chi connectivity index (χ1) is 17.8. The Morgan fingerprint density at radius 1 is 1.11 bits per heavy atom. The molecule has 5 rings (SSSR count). The van der Waals surface area contributed by atoms with E-state index in [1.165, 1.54) is 24.9 Å². The summed E-state index contributed by atoms with van der Waals surface area (Å²) in [7, 11) is 0. The van der Waals surface area contributed by atoms with Crippen molar-refractivity contribution in [3.05, 3.63) is 71.5 Å². The number of hydrogen-bond donors (Lipinski definition) is 2. The van der Waals surface area contributed by atoms with E-state index < -0.39 is 11.7 Å². The maximum atomic E-state index is 13.1. The Morgan fingerprint density at radius 2 is 1.89 bits per heavy atom. The molecule has 0 saturated heterocycles. The van der Waals surface area contributed by atoms with Gasteiger partial charge in [-0.15, -0.1) is 0 Å². The Kier molecular flexibility index (Phi) is 7.15. The molecule has 1 atom stereocenters. The fourth-order valence-corrected chi connectivity index (χ4v) is 4.97. The Balaban J connectivity index is 1.59. The van der Waals surface area contributed by atoms with E-state index in [0.29, 0.717) is 47.3 Å². The van der Waals surface area contributed by atoms with Crippen molar-refractivity contribution in [2.24, 2.45) is 5.92 Å². The average Bonchev–Trinajstić information content (AvgIpc) is 3.20. The summed E-state index contributed by atoms with van der Waals surface area (Å²) < 4.78 is 41.4. The van der Waals surface area contributed by atoms with Crippen LogP contribution < -0.4 is 5.32 Å². The van der Waals surface area contributed by atoms with E-state index in [-0.39, 0.29) is 12.6 Å². The van der Waals surface area contributed by atoms with Gasteiger partial charge in [-0.2, -0.15) is 13.2 Å². The SMILES string of the molecule is Cc1cccc(-c2nc3ncnc(N[C@H](CCCO)C4CCC4)c3n2Cc2ccc(C(F)(F)F)cc2)c1. The molecule has 1 aliphatic rings. The van der Waals surface area contributed by atoms with Gasteiger partial charge in [0.15, 0.2) is 11.5 Å². The van der Waals surface area contributed by atoms with Crippen molar-refractivity contribution >= 4 is 17.0 Å². The monoisotopic (exact) mass is 509 g/mol. The molecule has 2 N–H and O–H groups in total. The maximum Gasteiger partial charge on any atom is 0.416 e. The Hall–Kier alpha value is -3.46. The van der Waals surface area contributed by atoms with Crippen molar-refractivity contribution < 1.29 is 18.3 Å². The minimum atomic E-state index is -4.39. The first-order valence-electron chi connectivity index (χ1n) is 12.7. The molecule has 0 amide bonds. The van der Waals surface area contributed by atoms with Gasteiger partial charge in [-0.25, -0.2) is 15.0 Å². The highest BCUT2D eigenvalue weighted by Crippen LogP contribution is 2.35. The zero-order valence-corrected chi connectivity index (χ0v) is 20.7. The summed E-state index contributed by atoms with van der Waals surface area (Å²) in [4.78, 5) is 13.8. The van der Waals surface area contributed by atoms with Gasteiger partial charge >= 0.3 is 6.18 Å². The lowest BCUT2D eigenvalue weighted by atomic mass is 9.78. The number of fused-ring (bicyclic) bond motifs is 1. The highest BCUT2D eigenvalue weighted by molar-refractivity contribution is 5.87. The number of rotatable bonds is 9. The second-order valence-corrected chi connectivity index (χ2v) is 9.79. The summed E-state index contributed by atoms with van der Waals surface area (Å²) in [6.07, 6.45) is 2.09. The van der Waals surface area contributed by atoms with E-state index in [1.807, 2.05) is 35.8 Å². The molecule has 4 aromatic rings. The van der Waals surface area contributed by atoms with Crippen LogP contribution in [0.3, 0.4) is 0 Å². The molecule has 2 aromatic heterocycles. The van der Waals surface area contributed by atoms with Crippen LogP contribution in [-0.2, 0) is 12.7 Å². The quantitative estimate of drug-likeness (QED) is 0.280. The highest BCUT2D eigenvalue weighted by Gasteiger charge is 2.30. The smallest absolute Gasteiger partial charge is 0.396 e. The van der Waals surface area contributed by atoms with Gasteiger partial charge < -0.3 is 15.0 Å². The maximum absolute atomic E-state index is 13.1. The van der Waals surface area contributed by atoms with Gasteiger partial charge in [0, 0.05) is 24.8 Å². The highest BCUT2D eigenvalue weighted by atomic mass is 19.4. The zero-order valence-electron chi connectivity index (χ0n) is 20.7. The second kappa shape index (κ2) is 10.5. The lowest BCUT2D eigenvalue weighted by molar-refractivity contribution is -0.137. The summed E-state index contributed by atoms with van der Waals surface area (Å²) in [6.45, 7) is 2.45. The van der Waals surface area contributed by atoms with E-state index in [2.05, 4.69) is 15.3 Å². The van der Waals surface area contributed by atoms with E-state index in [1.54, 1.807) is 0 Å². The number of halogens is 3. The van der Waals surface area contributed by atoms with Crippen LogP contribution in [0.2, 0.25) is 0 Å². The Morgan fingerprint density at radius 3 is 2.54 bits per heavy atom. The van der Waals surface area contributed by atoms with Crippen molar-refractivity contribution in [2.75, 3.05) is 11.9 Å². The fraction of sp³-hybridized carbons (Fsp3) is 0.393. The molecule has 0 aliphatic heterocycles. The van der Waals surface area contributed by atoms with Crippen LogP contribution in [0.5, 0.6) is 0 Å². The lowest BCUT2D eigenvalue weighted by Gasteiger charge is -2.34. The standard InChI is InChI=1S/C28H30F3N5O/c1-18-5-2-8-21(15-18)27-35-26-24(36(27)16-19-10-12-22(13-11-19)28(29,30)31)25(32-17-33-26)34-23(9-4-14-37)20-6-3-7-20/h2,5,8,10-13,15,17,20,23,37H,3-4,6-7,9,14,16H2,1H3,(H,32,33,34)/t23-/m1/s1. The minimum absolute atomic E-state index is 0.132. The molecule has 1 fully saturated rings. The van der Waals surface area contributed by atoms with Crippen molar-refractivity contribution in [1.29, 1.82) is 0 Å². The number of imidazole rings is 1. The molecule has 2 heterocycles. The predicted molar refractivity (Wildman–Crippen MR) is 137 cm³/mol. The number of aromatic nitrogens is 4. The largest absolute Gasteiger partial charge is 0.416 e. The topological polar surface area (TPSA) is 75.9 Å². The van der Waals surface area contributed by atoms with Crippen molar-refractivity contribution in [3.8, 4) is 11.4 Å². The molecule has 6 nitrogen and oxygen atoms in total. The number of nitrogens with one attached hydrogen (secondary N) is 1. The number of aliphatic hydroxyl groups is 1. The van der Waals surface area contributed by atoms with Crippen molar-refractivity contribution in [2.45, 2.75) is 57.8 Å². The van der Waals surface area contributed by atoms with Crippen LogP contribution in [0, 0.1) is 12.8 Å². The summed E-state index contributed by atoms with van der Waals surface area (Å²) >= 11 is 0. The van der Waals surface area contributed by atoms with Gasteiger partial charge in [-0.05, 0) is 62.3 Å². The first kappa shape index (κ1) is 25.2. The zero-order chi connectivity index (χ0) is 26.0.